The van der Waals surface area contributed by atoms with Crippen LogP contribution in [-0.2, 0) is 24.2 Å². The Labute approximate surface area is 144 Å². The third-order valence-corrected chi connectivity index (χ3v) is 4.11. The molecular weight excluding hydrogens is 302 g/mol. The lowest BCUT2D eigenvalue weighted by molar-refractivity contribution is -0.129. The minimum absolute atomic E-state index is 0.0427. The van der Waals surface area contributed by atoms with Crippen molar-refractivity contribution in [1.82, 2.24) is 4.90 Å². The van der Waals surface area contributed by atoms with E-state index in [1.165, 1.54) is 5.56 Å². The summed E-state index contributed by atoms with van der Waals surface area (Å²) >= 11 is 0. The SMILES string of the molecule is CCc1ccc(CN(C)C(=O)Cc2cc(OC)ccc2OC)cc1. The first-order valence-corrected chi connectivity index (χ1v) is 8.10. The minimum atomic E-state index is 0.0427. The maximum Gasteiger partial charge on any atom is 0.227 e. The molecule has 0 spiro atoms. The normalized spacial score (nSPS) is 10.3. The number of likely N-dealkylation sites (N-methyl/N-ethyl adjacent to an activating group) is 1. The van der Waals surface area contributed by atoms with Gasteiger partial charge in [-0.15, -0.1) is 0 Å². The van der Waals surface area contributed by atoms with Gasteiger partial charge < -0.3 is 14.4 Å². The summed E-state index contributed by atoms with van der Waals surface area (Å²) < 4.78 is 10.6. The van der Waals surface area contributed by atoms with Crippen LogP contribution in [0.5, 0.6) is 11.5 Å². The summed E-state index contributed by atoms with van der Waals surface area (Å²) in [4.78, 5) is 14.3. The number of carbonyl (C=O) groups is 1. The molecular formula is C20H25NO3. The molecule has 2 aromatic rings. The molecule has 0 bridgehead atoms. The van der Waals surface area contributed by atoms with Gasteiger partial charge in [-0.3, -0.25) is 4.79 Å². The molecule has 0 aliphatic rings. The van der Waals surface area contributed by atoms with Gasteiger partial charge in [0.1, 0.15) is 11.5 Å². The number of aryl methyl sites for hydroxylation is 1. The molecule has 0 aliphatic carbocycles. The summed E-state index contributed by atoms with van der Waals surface area (Å²) in [6.07, 6.45) is 1.30. The number of ether oxygens (including phenoxy) is 2. The lowest BCUT2D eigenvalue weighted by Crippen LogP contribution is -2.27. The molecule has 2 aromatic carbocycles. The van der Waals surface area contributed by atoms with Crippen molar-refractivity contribution in [3.05, 3.63) is 59.2 Å². The molecule has 0 unspecified atom stereocenters. The first kappa shape index (κ1) is 17.9. The van der Waals surface area contributed by atoms with Crippen LogP contribution in [0.25, 0.3) is 0 Å². The molecule has 0 aromatic heterocycles. The molecule has 128 valence electrons. The second-order valence-corrected chi connectivity index (χ2v) is 5.77. The number of methoxy groups -OCH3 is 2. The molecule has 0 fully saturated rings. The number of amides is 1. The van der Waals surface area contributed by atoms with Crippen molar-refractivity contribution < 1.29 is 14.3 Å². The molecule has 0 atom stereocenters. The summed E-state index contributed by atoms with van der Waals surface area (Å²) in [5.41, 5.74) is 3.25. The second-order valence-electron chi connectivity index (χ2n) is 5.77. The average Bonchev–Trinajstić information content (AvgIpc) is 2.62. The summed E-state index contributed by atoms with van der Waals surface area (Å²) in [6, 6.07) is 13.9. The van der Waals surface area contributed by atoms with Gasteiger partial charge in [0.15, 0.2) is 0 Å². The highest BCUT2D eigenvalue weighted by Crippen LogP contribution is 2.25. The average molecular weight is 327 g/mol. The van der Waals surface area contributed by atoms with E-state index in [1.54, 1.807) is 19.1 Å². The molecule has 4 heteroatoms. The van der Waals surface area contributed by atoms with Crippen LogP contribution in [0, 0.1) is 0 Å². The van der Waals surface area contributed by atoms with Crippen LogP contribution in [0.2, 0.25) is 0 Å². The van der Waals surface area contributed by atoms with Crippen molar-refractivity contribution in [2.75, 3.05) is 21.3 Å². The van der Waals surface area contributed by atoms with Crippen LogP contribution in [0.15, 0.2) is 42.5 Å². The van der Waals surface area contributed by atoms with Gasteiger partial charge in [-0.1, -0.05) is 31.2 Å². The van der Waals surface area contributed by atoms with Crippen LogP contribution >= 0.6 is 0 Å². The van der Waals surface area contributed by atoms with Gasteiger partial charge in [0.2, 0.25) is 5.91 Å². The smallest absolute Gasteiger partial charge is 0.227 e. The molecule has 0 saturated carbocycles. The number of hydrogen-bond acceptors (Lipinski definition) is 3. The van der Waals surface area contributed by atoms with Crippen LogP contribution in [0.1, 0.15) is 23.6 Å². The molecule has 0 radical (unpaired) electrons. The van der Waals surface area contributed by atoms with Crippen molar-refractivity contribution in [2.24, 2.45) is 0 Å². The van der Waals surface area contributed by atoms with Crippen LogP contribution < -0.4 is 9.47 Å². The molecule has 2 rings (SSSR count). The molecule has 1 amide bonds. The van der Waals surface area contributed by atoms with Gasteiger partial charge in [0.25, 0.3) is 0 Å². The van der Waals surface area contributed by atoms with Crippen LogP contribution in [0.3, 0.4) is 0 Å². The monoisotopic (exact) mass is 327 g/mol. The number of carbonyl (C=O) groups excluding carboxylic acids is 1. The first-order valence-electron chi connectivity index (χ1n) is 8.10. The van der Waals surface area contributed by atoms with Crippen molar-refractivity contribution in [3.63, 3.8) is 0 Å². The summed E-state index contributed by atoms with van der Waals surface area (Å²) in [7, 11) is 5.04. The molecule has 0 saturated heterocycles. The quantitative estimate of drug-likeness (QED) is 0.782. The fraction of sp³-hybridized carbons (Fsp3) is 0.350. The molecule has 0 N–H and O–H groups in total. The predicted octanol–water partition coefficient (Wildman–Crippen LogP) is 3.47. The van der Waals surface area contributed by atoms with Gasteiger partial charge in [-0.2, -0.15) is 0 Å². The van der Waals surface area contributed by atoms with Crippen molar-refractivity contribution >= 4 is 5.91 Å². The van der Waals surface area contributed by atoms with Crippen molar-refractivity contribution in [1.29, 1.82) is 0 Å². The highest BCUT2D eigenvalue weighted by Gasteiger charge is 2.14. The Morgan fingerprint density at radius 2 is 1.67 bits per heavy atom. The third-order valence-electron chi connectivity index (χ3n) is 4.11. The van der Waals surface area contributed by atoms with E-state index in [9.17, 15) is 4.79 Å². The Hall–Kier alpha value is -2.49. The fourth-order valence-corrected chi connectivity index (χ4v) is 2.56. The van der Waals surface area contributed by atoms with Crippen LogP contribution in [-0.4, -0.2) is 32.1 Å². The zero-order chi connectivity index (χ0) is 17.5. The van der Waals surface area contributed by atoms with Gasteiger partial charge in [0.05, 0.1) is 20.6 Å². The number of rotatable bonds is 7. The van der Waals surface area contributed by atoms with Gasteiger partial charge >= 0.3 is 0 Å². The molecule has 4 nitrogen and oxygen atoms in total. The standard InChI is InChI=1S/C20H25NO3/c1-5-15-6-8-16(9-7-15)14-21(2)20(22)13-17-12-18(23-3)10-11-19(17)24-4/h6-12H,5,13-14H2,1-4H3. The Bertz CT molecular complexity index is 680. The fourth-order valence-electron chi connectivity index (χ4n) is 2.56. The summed E-state index contributed by atoms with van der Waals surface area (Å²) in [6.45, 7) is 2.72. The maximum absolute atomic E-state index is 12.5. The Morgan fingerprint density at radius 1 is 1.00 bits per heavy atom. The summed E-state index contributed by atoms with van der Waals surface area (Å²) in [5, 5.41) is 0. The maximum atomic E-state index is 12.5. The third kappa shape index (κ3) is 4.51. The van der Waals surface area contributed by atoms with E-state index in [1.807, 2.05) is 25.2 Å². The molecule has 0 aliphatic heterocycles. The van der Waals surface area contributed by atoms with Crippen molar-refractivity contribution in [2.45, 2.75) is 26.3 Å². The number of hydrogen-bond donors (Lipinski definition) is 0. The van der Waals surface area contributed by atoms with E-state index in [0.29, 0.717) is 12.3 Å². The zero-order valence-electron chi connectivity index (χ0n) is 14.8. The number of benzene rings is 2. The molecule has 0 heterocycles. The number of nitrogens with zero attached hydrogens (tertiary/aromatic N) is 1. The van der Waals surface area contributed by atoms with E-state index in [-0.39, 0.29) is 12.3 Å². The summed E-state index contributed by atoms with van der Waals surface area (Å²) in [5.74, 6) is 1.46. The Kier molecular flexibility index (Phi) is 6.24. The Balaban J connectivity index is 2.05. The topological polar surface area (TPSA) is 38.8 Å². The van der Waals surface area contributed by atoms with Crippen molar-refractivity contribution in [3.8, 4) is 11.5 Å². The Morgan fingerprint density at radius 3 is 2.25 bits per heavy atom. The lowest BCUT2D eigenvalue weighted by Gasteiger charge is -2.18. The van der Waals surface area contributed by atoms with Gasteiger partial charge in [0, 0.05) is 19.2 Å². The van der Waals surface area contributed by atoms with Gasteiger partial charge in [-0.25, -0.2) is 0 Å². The van der Waals surface area contributed by atoms with Crippen LogP contribution in [0.4, 0.5) is 0 Å². The second kappa shape index (κ2) is 8.39. The zero-order valence-corrected chi connectivity index (χ0v) is 14.8. The van der Waals surface area contributed by atoms with Gasteiger partial charge in [-0.05, 0) is 35.7 Å². The van der Waals surface area contributed by atoms with E-state index in [2.05, 4.69) is 31.2 Å². The van der Waals surface area contributed by atoms with E-state index in [4.69, 9.17) is 9.47 Å². The minimum Gasteiger partial charge on any atom is -0.497 e. The largest absolute Gasteiger partial charge is 0.497 e. The molecule has 24 heavy (non-hydrogen) atoms. The predicted molar refractivity (Wildman–Crippen MR) is 95.5 cm³/mol. The highest BCUT2D eigenvalue weighted by atomic mass is 16.5. The highest BCUT2D eigenvalue weighted by molar-refractivity contribution is 5.79. The first-order chi connectivity index (χ1) is 11.6. The van der Waals surface area contributed by atoms with E-state index < -0.39 is 0 Å². The van der Waals surface area contributed by atoms with E-state index in [0.717, 1.165) is 23.3 Å². The van der Waals surface area contributed by atoms with E-state index >= 15 is 0 Å². The lowest BCUT2D eigenvalue weighted by atomic mass is 10.1.